The number of halogens is 7. The molecule has 0 aromatic carbocycles. The molecule has 1 aromatic heterocycles. The molecule has 0 amide bonds. The molecular weight excluding hydrogens is 339 g/mol. The maximum absolute atomic E-state index is 12.7. The van der Waals surface area contributed by atoms with Gasteiger partial charge in [0.15, 0.2) is 0 Å². The summed E-state index contributed by atoms with van der Waals surface area (Å²) in [5, 5.41) is 0. The topological polar surface area (TPSA) is 12.9 Å². The fourth-order valence-corrected chi connectivity index (χ4v) is 1.44. The van der Waals surface area contributed by atoms with Crippen LogP contribution in [0.5, 0.6) is 0 Å². The molecule has 0 saturated heterocycles. The third kappa shape index (κ3) is 2.73. The normalized spacial score (nSPS) is 12.3. The van der Waals surface area contributed by atoms with Crippen molar-refractivity contribution in [2.45, 2.75) is 12.6 Å². The lowest BCUT2D eigenvalue weighted by molar-refractivity contribution is -0.140. The largest absolute Gasteiger partial charge is 0.420 e. The van der Waals surface area contributed by atoms with Crippen LogP contribution in [0, 0.1) is 9.65 Å². The summed E-state index contributed by atoms with van der Waals surface area (Å²) in [4.78, 5) is 2.78. The van der Waals surface area contributed by atoms with Crippen molar-refractivity contribution in [3.05, 3.63) is 26.8 Å². The molecule has 0 radical (unpaired) electrons. The standard InChI is InChI=1S/C7H2F6IN/c8-4(9)2-1-3(7(11,12)13)5(10)15-6(2)14/h1,4H. The minimum Gasteiger partial charge on any atom is -0.213 e. The van der Waals surface area contributed by atoms with Gasteiger partial charge in [0.05, 0.1) is 5.56 Å². The van der Waals surface area contributed by atoms with E-state index in [-0.39, 0.29) is 6.07 Å². The van der Waals surface area contributed by atoms with E-state index in [1.54, 1.807) is 0 Å². The van der Waals surface area contributed by atoms with Crippen molar-refractivity contribution in [3.8, 4) is 0 Å². The minimum atomic E-state index is -5.02. The van der Waals surface area contributed by atoms with E-state index in [2.05, 4.69) is 4.98 Å². The molecule has 0 aliphatic rings. The Balaban J connectivity index is 3.37. The average molecular weight is 341 g/mol. The van der Waals surface area contributed by atoms with E-state index in [0.717, 1.165) is 0 Å². The molecule has 0 spiro atoms. The van der Waals surface area contributed by atoms with E-state index in [0.29, 0.717) is 0 Å². The van der Waals surface area contributed by atoms with Crippen molar-refractivity contribution in [1.29, 1.82) is 0 Å². The molecular formula is C7H2F6IN. The van der Waals surface area contributed by atoms with Crippen LogP contribution >= 0.6 is 22.6 Å². The number of aromatic nitrogens is 1. The second-order valence-corrected chi connectivity index (χ2v) is 3.53. The Morgan fingerprint density at radius 2 is 1.80 bits per heavy atom. The molecule has 0 unspecified atom stereocenters. The van der Waals surface area contributed by atoms with Gasteiger partial charge in [-0.15, -0.1) is 0 Å². The van der Waals surface area contributed by atoms with Crippen molar-refractivity contribution in [2.24, 2.45) is 0 Å². The van der Waals surface area contributed by atoms with Gasteiger partial charge in [-0.25, -0.2) is 13.8 Å². The van der Waals surface area contributed by atoms with E-state index in [1.807, 2.05) is 0 Å². The van der Waals surface area contributed by atoms with E-state index < -0.39 is 33.4 Å². The van der Waals surface area contributed by atoms with Crippen LogP contribution in [0.4, 0.5) is 26.3 Å². The Kier molecular flexibility index (Phi) is 3.46. The summed E-state index contributed by atoms with van der Waals surface area (Å²) < 4.78 is 72.9. The first-order valence-electron chi connectivity index (χ1n) is 3.44. The summed E-state index contributed by atoms with van der Waals surface area (Å²) in [5.74, 6) is -1.80. The number of rotatable bonds is 1. The number of pyridine rings is 1. The van der Waals surface area contributed by atoms with Crippen LogP contribution in [0.3, 0.4) is 0 Å². The first-order chi connectivity index (χ1) is 6.73. The van der Waals surface area contributed by atoms with Crippen LogP contribution in [0.25, 0.3) is 0 Å². The molecule has 0 atom stereocenters. The molecule has 1 rings (SSSR count). The van der Waals surface area contributed by atoms with Gasteiger partial charge in [-0.3, -0.25) is 0 Å². The Bertz CT molecular complexity index is 374. The molecule has 0 bridgehead atoms. The molecule has 0 saturated carbocycles. The number of hydrogen-bond acceptors (Lipinski definition) is 1. The van der Waals surface area contributed by atoms with Crippen LogP contribution in [0.15, 0.2) is 6.07 Å². The van der Waals surface area contributed by atoms with Gasteiger partial charge >= 0.3 is 6.18 Å². The van der Waals surface area contributed by atoms with Crippen molar-refractivity contribution >= 4 is 22.6 Å². The summed E-state index contributed by atoms with van der Waals surface area (Å²) >= 11 is 1.25. The molecule has 1 nitrogen and oxygen atoms in total. The summed E-state index contributed by atoms with van der Waals surface area (Å²) in [5.41, 5.74) is -2.71. The van der Waals surface area contributed by atoms with Crippen LogP contribution in [0.2, 0.25) is 0 Å². The summed E-state index contributed by atoms with van der Waals surface area (Å²) in [7, 11) is 0. The smallest absolute Gasteiger partial charge is 0.213 e. The van der Waals surface area contributed by atoms with E-state index in [9.17, 15) is 26.3 Å². The molecule has 0 N–H and O–H groups in total. The predicted molar refractivity (Wildman–Crippen MR) is 46.9 cm³/mol. The van der Waals surface area contributed by atoms with Crippen molar-refractivity contribution in [2.75, 3.05) is 0 Å². The van der Waals surface area contributed by atoms with Gasteiger partial charge in [-0.1, -0.05) is 0 Å². The lowest BCUT2D eigenvalue weighted by Crippen LogP contribution is -2.12. The summed E-state index contributed by atoms with van der Waals surface area (Å²) in [6.07, 6.45) is -8.14. The third-order valence-electron chi connectivity index (χ3n) is 1.50. The highest BCUT2D eigenvalue weighted by atomic mass is 127. The third-order valence-corrected chi connectivity index (χ3v) is 2.36. The monoisotopic (exact) mass is 341 g/mol. The highest BCUT2D eigenvalue weighted by molar-refractivity contribution is 14.1. The van der Waals surface area contributed by atoms with Crippen LogP contribution < -0.4 is 0 Å². The van der Waals surface area contributed by atoms with Gasteiger partial charge in [0.1, 0.15) is 9.26 Å². The highest BCUT2D eigenvalue weighted by Crippen LogP contribution is 2.34. The Hall–Kier alpha value is -0.540. The van der Waals surface area contributed by atoms with Crippen molar-refractivity contribution in [3.63, 3.8) is 0 Å². The first kappa shape index (κ1) is 12.5. The molecule has 15 heavy (non-hydrogen) atoms. The van der Waals surface area contributed by atoms with E-state index >= 15 is 0 Å². The zero-order chi connectivity index (χ0) is 11.8. The zero-order valence-corrected chi connectivity index (χ0v) is 8.91. The van der Waals surface area contributed by atoms with Crippen LogP contribution in [-0.2, 0) is 6.18 Å². The second kappa shape index (κ2) is 4.14. The maximum Gasteiger partial charge on any atom is 0.420 e. The quantitative estimate of drug-likeness (QED) is 0.430. The Morgan fingerprint density at radius 1 is 1.27 bits per heavy atom. The molecule has 0 aliphatic heterocycles. The molecule has 1 aromatic rings. The second-order valence-electron chi connectivity index (χ2n) is 2.51. The van der Waals surface area contributed by atoms with Gasteiger partial charge < -0.3 is 0 Å². The lowest BCUT2D eigenvalue weighted by Gasteiger charge is -2.10. The van der Waals surface area contributed by atoms with Crippen molar-refractivity contribution in [1.82, 2.24) is 4.98 Å². The first-order valence-corrected chi connectivity index (χ1v) is 4.52. The molecule has 0 aliphatic carbocycles. The zero-order valence-electron chi connectivity index (χ0n) is 6.75. The molecule has 84 valence electrons. The lowest BCUT2D eigenvalue weighted by atomic mass is 10.2. The summed E-state index contributed by atoms with van der Waals surface area (Å²) in [6.45, 7) is 0. The Morgan fingerprint density at radius 3 is 2.20 bits per heavy atom. The fraction of sp³-hybridized carbons (Fsp3) is 0.286. The number of alkyl halides is 5. The molecule has 1 heterocycles. The molecule has 8 heteroatoms. The van der Waals surface area contributed by atoms with Crippen LogP contribution in [-0.4, -0.2) is 4.98 Å². The summed E-state index contributed by atoms with van der Waals surface area (Å²) in [6, 6.07) is 0.0781. The maximum atomic E-state index is 12.7. The van der Waals surface area contributed by atoms with Gasteiger partial charge in [0.2, 0.25) is 5.95 Å². The van der Waals surface area contributed by atoms with E-state index in [1.165, 1.54) is 22.6 Å². The minimum absolute atomic E-state index is 0.0781. The highest BCUT2D eigenvalue weighted by Gasteiger charge is 2.36. The predicted octanol–water partition coefficient (Wildman–Crippen LogP) is 3.78. The SMILES string of the molecule is Fc1nc(I)c(C(F)F)cc1C(F)(F)F. The fourth-order valence-electron chi connectivity index (χ4n) is 0.837. The Labute approximate surface area is 93.6 Å². The van der Waals surface area contributed by atoms with Gasteiger partial charge in [0, 0.05) is 0 Å². The van der Waals surface area contributed by atoms with Gasteiger partial charge in [-0.2, -0.15) is 17.6 Å². The van der Waals surface area contributed by atoms with E-state index in [4.69, 9.17) is 0 Å². The van der Waals surface area contributed by atoms with Crippen LogP contribution in [0.1, 0.15) is 17.6 Å². The molecule has 0 fully saturated rings. The van der Waals surface area contributed by atoms with Crippen molar-refractivity contribution < 1.29 is 26.3 Å². The average Bonchev–Trinajstić information content (AvgIpc) is 2.00. The van der Waals surface area contributed by atoms with Gasteiger partial charge in [-0.05, 0) is 28.7 Å². The number of hydrogen-bond donors (Lipinski definition) is 0. The number of nitrogens with zero attached hydrogens (tertiary/aromatic N) is 1. The van der Waals surface area contributed by atoms with Gasteiger partial charge in [0.25, 0.3) is 6.43 Å².